The highest BCUT2D eigenvalue weighted by Gasteiger charge is 2.08. The molecule has 0 spiro atoms. The maximum atomic E-state index is 12.9. The van der Waals surface area contributed by atoms with Crippen LogP contribution in [0.2, 0.25) is 10.0 Å². The molecule has 3 aromatic rings. The van der Waals surface area contributed by atoms with Gasteiger partial charge in [-0.1, -0.05) is 35.3 Å². The summed E-state index contributed by atoms with van der Waals surface area (Å²) in [5, 5.41) is 11.6. The molecule has 3 rings (SSSR count). The van der Waals surface area contributed by atoms with Gasteiger partial charge in [0.05, 0.1) is 10.7 Å². The van der Waals surface area contributed by atoms with Crippen molar-refractivity contribution in [1.29, 1.82) is 0 Å². The van der Waals surface area contributed by atoms with Crippen molar-refractivity contribution in [3.05, 3.63) is 79.9 Å². The first-order valence-corrected chi connectivity index (χ1v) is 7.69. The average Bonchev–Trinajstić information content (AvgIpc) is 2.55. The molecule has 0 bridgehead atoms. The fourth-order valence-electron chi connectivity index (χ4n) is 2.05. The highest BCUT2D eigenvalue weighted by molar-refractivity contribution is 6.36. The van der Waals surface area contributed by atoms with E-state index in [9.17, 15) is 9.18 Å². The van der Waals surface area contributed by atoms with Crippen LogP contribution in [0.25, 0.3) is 0 Å². The molecular formula is C16H11Cl2FN4O. The summed E-state index contributed by atoms with van der Waals surface area (Å²) in [4.78, 5) is 14.7. The number of hydrogen-bond acceptors (Lipinski definition) is 4. The minimum atomic E-state index is -0.387. The highest BCUT2D eigenvalue weighted by Crippen LogP contribution is 2.26. The predicted octanol–water partition coefficient (Wildman–Crippen LogP) is 3.95. The minimum Gasteiger partial charge on any atom is -0.323 e. The van der Waals surface area contributed by atoms with Gasteiger partial charge in [0.2, 0.25) is 5.95 Å². The number of benzene rings is 2. The standard InChI is InChI=1S/C16H11Cl2FN4O/c17-10-3-6-13(12(18)8-10)20-16-21-15(24)14(22-23-16)7-9-1-4-11(19)5-2-9/h1-6,8H,7H2,(H2,20,21,23,24). The van der Waals surface area contributed by atoms with E-state index in [1.165, 1.54) is 12.1 Å². The van der Waals surface area contributed by atoms with Crippen molar-refractivity contribution in [2.24, 2.45) is 0 Å². The van der Waals surface area contributed by atoms with Crippen LogP contribution in [0, 0.1) is 5.82 Å². The van der Waals surface area contributed by atoms with Crippen LogP contribution < -0.4 is 10.9 Å². The van der Waals surface area contributed by atoms with Crippen molar-refractivity contribution in [3.8, 4) is 0 Å². The van der Waals surface area contributed by atoms with Gasteiger partial charge < -0.3 is 5.32 Å². The first-order valence-electron chi connectivity index (χ1n) is 6.93. The van der Waals surface area contributed by atoms with Gasteiger partial charge in [0.15, 0.2) is 0 Å². The largest absolute Gasteiger partial charge is 0.323 e. The number of halogens is 3. The number of aromatic nitrogens is 3. The van der Waals surface area contributed by atoms with E-state index in [1.54, 1.807) is 30.3 Å². The molecule has 8 heteroatoms. The minimum absolute atomic E-state index is 0.159. The van der Waals surface area contributed by atoms with Gasteiger partial charge in [-0.15, -0.1) is 10.2 Å². The molecule has 0 aliphatic carbocycles. The molecule has 0 fully saturated rings. The number of nitrogens with one attached hydrogen (secondary N) is 2. The molecule has 0 aliphatic rings. The smallest absolute Gasteiger partial charge is 0.274 e. The summed E-state index contributed by atoms with van der Waals surface area (Å²) in [6.45, 7) is 0. The van der Waals surface area contributed by atoms with Crippen LogP contribution in [0.5, 0.6) is 0 Å². The lowest BCUT2D eigenvalue weighted by Gasteiger charge is -2.07. The summed E-state index contributed by atoms with van der Waals surface area (Å²) < 4.78 is 12.9. The quantitative estimate of drug-likeness (QED) is 0.735. The van der Waals surface area contributed by atoms with E-state index in [1.807, 2.05) is 0 Å². The fourth-order valence-corrected chi connectivity index (χ4v) is 2.50. The first kappa shape index (κ1) is 16.4. The molecule has 0 amide bonds. The molecule has 1 heterocycles. The summed E-state index contributed by atoms with van der Waals surface area (Å²) in [5.41, 5.74) is 1.14. The van der Waals surface area contributed by atoms with Crippen LogP contribution in [0.4, 0.5) is 16.0 Å². The summed E-state index contributed by atoms with van der Waals surface area (Å²) >= 11 is 11.9. The van der Waals surface area contributed by atoms with Gasteiger partial charge in [-0.2, -0.15) is 0 Å². The Balaban J connectivity index is 1.79. The van der Waals surface area contributed by atoms with Crippen molar-refractivity contribution in [3.63, 3.8) is 0 Å². The molecule has 0 unspecified atom stereocenters. The van der Waals surface area contributed by atoms with Crippen molar-refractivity contribution < 1.29 is 4.39 Å². The Morgan fingerprint density at radius 3 is 2.50 bits per heavy atom. The van der Waals surface area contributed by atoms with E-state index in [0.717, 1.165) is 5.56 Å². The zero-order valence-corrected chi connectivity index (χ0v) is 13.7. The number of hydrogen-bond donors (Lipinski definition) is 2. The number of aromatic amines is 1. The van der Waals surface area contributed by atoms with Crippen molar-refractivity contribution in [2.45, 2.75) is 6.42 Å². The second-order valence-corrected chi connectivity index (χ2v) is 5.85. The van der Waals surface area contributed by atoms with Crippen molar-refractivity contribution in [1.82, 2.24) is 15.2 Å². The van der Waals surface area contributed by atoms with E-state index >= 15 is 0 Å². The van der Waals surface area contributed by atoms with Crippen LogP contribution in [-0.2, 0) is 6.42 Å². The van der Waals surface area contributed by atoms with Crippen molar-refractivity contribution in [2.75, 3.05) is 5.32 Å². The lowest BCUT2D eigenvalue weighted by Crippen LogP contribution is -2.18. The van der Waals surface area contributed by atoms with E-state index in [-0.39, 0.29) is 29.4 Å². The molecule has 122 valence electrons. The lowest BCUT2D eigenvalue weighted by atomic mass is 10.1. The molecular weight excluding hydrogens is 354 g/mol. The number of rotatable bonds is 4. The zero-order chi connectivity index (χ0) is 17.1. The van der Waals surface area contributed by atoms with Gasteiger partial charge in [0, 0.05) is 11.4 Å². The van der Waals surface area contributed by atoms with Crippen LogP contribution in [0.1, 0.15) is 11.3 Å². The molecule has 2 aromatic carbocycles. The molecule has 0 saturated carbocycles. The van der Waals surface area contributed by atoms with E-state index in [2.05, 4.69) is 20.5 Å². The Morgan fingerprint density at radius 1 is 1.08 bits per heavy atom. The lowest BCUT2D eigenvalue weighted by molar-refractivity contribution is 0.627. The topological polar surface area (TPSA) is 70.7 Å². The average molecular weight is 365 g/mol. The summed E-state index contributed by atoms with van der Waals surface area (Å²) in [5.74, 6) is -0.176. The Hall–Kier alpha value is -2.44. The SMILES string of the molecule is O=c1[nH]c(Nc2ccc(Cl)cc2Cl)nnc1Cc1ccc(F)cc1. The normalized spacial score (nSPS) is 10.6. The maximum absolute atomic E-state index is 12.9. The Labute approximate surface area is 146 Å². The van der Waals surface area contributed by atoms with Gasteiger partial charge in [0.25, 0.3) is 5.56 Å². The predicted molar refractivity (Wildman–Crippen MR) is 91.6 cm³/mol. The van der Waals surface area contributed by atoms with Crippen LogP contribution >= 0.6 is 23.2 Å². The van der Waals surface area contributed by atoms with E-state index < -0.39 is 0 Å². The molecule has 0 aliphatic heterocycles. The maximum Gasteiger partial charge on any atom is 0.274 e. The molecule has 2 N–H and O–H groups in total. The second kappa shape index (κ2) is 6.98. The van der Waals surface area contributed by atoms with Gasteiger partial charge in [-0.05, 0) is 35.9 Å². The summed E-state index contributed by atoms with van der Waals surface area (Å²) in [6.07, 6.45) is 0.255. The van der Waals surface area contributed by atoms with E-state index in [4.69, 9.17) is 23.2 Å². The van der Waals surface area contributed by atoms with Crippen LogP contribution in [0.15, 0.2) is 47.3 Å². The molecule has 5 nitrogen and oxygen atoms in total. The fraction of sp³-hybridized carbons (Fsp3) is 0.0625. The third kappa shape index (κ3) is 3.90. The van der Waals surface area contributed by atoms with Crippen molar-refractivity contribution >= 4 is 34.8 Å². The first-order chi connectivity index (χ1) is 11.5. The summed E-state index contributed by atoms with van der Waals surface area (Å²) in [7, 11) is 0. The Bertz CT molecular complexity index is 928. The third-order valence-corrected chi connectivity index (χ3v) is 3.78. The van der Waals surface area contributed by atoms with Gasteiger partial charge in [-0.3, -0.25) is 9.78 Å². The van der Waals surface area contributed by atoms with Gasteiger partial charge in [-0.25, -0.2) is 4.39 Å². The summed E-state index contributed by atoms with van der Waals surface area (Å²) in [6, 6.07) is 10.7. The number of anilines is 2. The highest BCUT2D eigenvalue weighted by atomic mass is 35.5. The molecule has 0 radical (unpaired) electrons. The second-order valence-electron chi connectivity index (χ2n) is 5.00. The van der Waals surface area contributed by atoms with Gasteiger partial charge in [0.1, 0.15) is 11.5 Å². The number of nitrogens with zero attached hydrogens (tertiary/aromatic N) is 2. The molecule has 1 aromatic heterocycles. The van der Waals surface area contributed by atoms with E-state index in [0.29, 0.717) is 15.7 Å². The Kier molecular flexibility index (Phi) is 4.78. The molecule has 0 atom stereocenters. The number of H-pyrrole nitrogens is 1. The molecule has 0 saturated heterocycles. The zero-order valence-electron chi connectivity index (χ0n) is 12.2. The van der Waals surface area contributed by atoms with Crippen LogP contribution in [-0.4, -0.2) is 15.2 Å². The third-order valence-electron chi connectivity index (χ3n) is 3.23. The monoisotopic (exact) mass is 364 g/mol. The Morgan fingerprint density at radius 2 is 1.83 bits per heavy atom. The molecule has 24 heavy (non-hydrogen) atoms. The van der Waals surface area contributed by atoms with Gasteiger partial charge >= 0.3 is 0 Å². The van der Waals surface area contributed by atoms with Crippen LogP contribution in [0.3, 0.4) is 0 Å².